The van der Waals surface area contributed by atoms with Crippen molar-refractivity contribution in [3.63, 3.8) is 0 Å². The lowest BCUT2D eigenvalue weighted by Crippen LogP contribution is -2.21. The van der Waals surface area contributed by atoms with Crippen LogP contribution in [0, 0.1) is 0 Å². The van der Waals surface area contributed by atoms with Gasteiger partial charge in [-0.1, -0.05) is 23.7 Å². The van der Waals surface area contributed by atoms with Gasteiger partial charge < -0.3 is 10.2 Å². The summed E-state index contributed by atoms with van der Waals surface area (Å²) < 4.78 is 31.7. The molecule has 0 radical (unpaired) electrons. The molecule has 0 unspecified atom stereocenters. The first-order valence-electron chi connectivity index (χ1n) is 3.48. The largest absolute Gasteiger partial charge is 0.506 e. The number of aromatic hydroxyl groups is 1. The van der Waals surface area contributed by atoms with E-state index in [9.17, 15) is 13.2 Å². The maximum Gasteiger partial charge on any atom is 0.490 e. The van der Waals surface area contributed by atoms with Crippen LogP contribution in [0.3, 0.4) is 0 Å². The van der Waals surface area contributed by atoms with E-state index in [0.29, 0.717) is 5.02 Å². The SMILES string of the molecule is O=C(O)C(F)(F)F.Oc1ccccc1Cl. The molecule has 0 bridgehead atoms. The third-order valence-corrected chi connectivity index (χ3v) is 1.41. The highest BCUT2D eigenvalue weighted by atomic mass is 35.5. The molecule has 0 amide bonds. The molecule has 15 heavy (non-hydrogen) atoms. The molecule has 0 spiro atoms. The highest BCUT2D eigenvalue weighted by Crippen LogP contribution is 2.20. The lowest BCUT2D eigenvalue weighted by Gasteiger charge is -1.93. The fraction of sp³-hybridized carbons (Fsp3) is 0.125. The summed E-state index contributed by atoms with van der Waals surface area (Å²) in [5.74, 6) is -2.62. The van der Waals surface area contributed by atoms with Crippen molar-refractivity contribution in [1.29, 1.82) is 0 Å². The van der Waals surface area contributed by atoms with Crippen LogP contribution in [0.2, 0.25) is 5.02 Å². The van der Waals surface area contributed by atoms with Crippen molar-refractivity contribution in [3.05, 3.63) is 29.3 Å². The Morgan fingerprint density at radius 1 is 1.27 bits per heavy atom. The Morgan fingerprint density at radius 2 is 1.67 bits per heavy atom. The van der Waals surface area contributed by atoms with Crippen molar-refractivity contribution in [2.75, 3.05) is 0 Å². The number of hydrogen-bond donors (Lipinski definition) is 2. The van der Waals surface area contributed by atoms with E-state index in [-0.39, 0.29) is 5.75 Å². The van der Waals surface area contributed by atoms with E-state index in [4.69, 9.17) is 26.6 Å². The normalized spacial score (nSPS) is 10.1. The van der Waals surface area contributed by atoms with E-state index in [1.165, 1.54) is 0 Å². The molecule has 2 N–H and O–H groups in total. The second kappa shape index (κ2) is 5.45. The molecule has 0 atom stereocenters. The molecule has 1 rings (SSSR count). The van der Waals surface area contributed by atoms with Crippen LogP contribution in [-0.2, 0) is 4.79 Å². The Kier molecular flexibility index (Phi) is 4.93. The number of halogens is 4. The molecule has 0 aliphatic heterocycles. The van der Waals surface area contributed by atoms with Gasteiger partial charge in [0.2, 0.25) is 0 Å². The number of carboxylic acid groups (broad SMARTS) is 1. The number of carboxylic acids is 1. The Labute approximate surface area is 87.7 Å². The summed E-state index contributed by atoms with van der Waals surface area (Å²) in [7, 11) is 0. The molecule has 1 aromatic carbocycles. The summed E-state index contributed by atoms with van der Waals surface area (Å²) in [5, 5.41) is 16.3. The van der Waals surface area contributed by atoms with Crippen LogP contribution in [0.5, 0.6) is 5.75 Å². The van der Waals surface area contributed by atoms with Crippen molar-refractivity contribution < 1.29 is 28.2 Å². The monoisotopic (exact) mass is 242 g/mol. The van der Waals surface area contributed by atoms with Crippen molar-refractivity contribution in [2.24, 2.45) is 0 Å². The summed E-state index contributed by atoms with van der Waals surface area (Å²) in [6.07, 6.45) is -5.08. The second-order valence-electron chi connectivity index (χ2n) is 2.25. The molecular formula is C8H6ClF3O3. The number of phenols is 1. The number of para-hydroxylation sites is 1. The predicted octanol–water partition coefficient (Wildman–Crippen LogP) is 2.68. The van der Waals surface area contributed by atoms with Gasteiger partial charge in [0.05, 0.1) is 5.02 Å². The van der Waals surface area contributed by atoms with E-state index in [0.717, 1.165) is 0 Å². The molecule has 0 heterocycles. The van der Waals surface area contributed by atoms with Gasteiger partial charge in [-0.05, 0) is 12.1 Å². The van der Waals surface area contributed by atoms with Crippen LogP contribution < -0.4 is 0 Å². The maximum absolute atomic E-state index is 10.6. The van der Waals surface area contributed by atoms with Crippen molar-refractivity contribution in [3.8, 4) is 5.75 Å². The molecule has 0 aromatic heterocycles. The third-order valence-electron chi connectivity index (χ3n) is 1.09. The number of phenolic OH excluding ortho intramolecular Hbond substituents is 1. The molecule has 0 saturated heterocycles. The molecular weight excluding hydrogens is 237 g/mol. The molecule has 0 aliphatic rings. The van der Waals surface area contributed by atoms with Gasteiger partial charge in [0.15, 0.2) is 0 Å². The summed E-state index contributed by atoms with van der Waals surface area (Å²) in [4.78, 5) is 8.90. The Hall–Kier alpha value is -1.43. The Bertz CT molecular complexity index is 317. The number of rotatable bonds is 0. The summed E-state index contributed by atoms with van der Waals surface area (Å²) >= 11 is 5.46. The van der Waals surface area contributed by atoms with Gasteiger partial charge in [-0.3, -0.25) is 0 Å². The van der Waals surface area contributed by atoms with Gasteiger partial charge in [-0.25, -0.2) is 4.79 Å². The van der Waals surface area contributed by atoms with Crippen LogP contribution in [0.25, 0.3) is 0 Å². The number of benzene rings is 1. The first kappa shape index (κ1) is 13.6. The Morgan fingerprint density at radius 3 is 1.87 bits per heavy atom. The van der Waals surface area contributed by atoms with Gasteiger partial charge in [0.1, 0.15) is 5.75 Å². The number of alkyl halides is 3. The van der Waals surface area contributed by atoms with Crippen LogP contribution in [-0.4, -0.2) is 22.4 Å². The van der Waals surface area contributed by atoms with Gasteiger partial charge in [0.25, 0.3) is 0 Å². The average Bonchev–Trinajstić information content (AvgIpc) is 2.09. The highest BCUT2D eigenvalue weighted by molar-refractivity contribution is 6.31. The highest BCUT2D eigenvalue weighted by Gasteiger charge is 2.38. The van der Waals surface area contributed by atoms with Gasteiger partial charge >= 0.3 is 12.1 Å². The summed E-state index contributed by atoms with van der Waals surface area (Å²) in [6.45, 7) is 0. The average molecular weight is 243 g/mol. The zero-order valence-electron chi connectivity index (χ0n) is 7.12. The predicted molar refractivity (Wildman–Crippen MR) is 46.8 cm³/mol. The van der Waals surface area contributed by atoms with E-state index >= 15 is 0 Å². The van der Waals surface area contributed by atoms with Crippen molar-refractivity contribution >= 4 is 17.6 Å². The molecule has 1 aromatic rings. The minimum absolute atomic E-state index is 0.133. The Balaban J connectivity index is 0.000000265. The van der Waals surface area contributed by atoms with Crippen LogP contribution in [0.15, 0.2) is 24.3 Å². The quantitative estimate of drug-likeness (QED) is 0.735. The minimum atomic E-state index is -5.08. The molecule has 0 aliphatic carbocycles. The van der Waals surface area contributed by atoms with Crippen LogP contribution in [0.1, 0.15) is 0 Å². The zero-order chi connectivity index (χ0) is 12.1. The number of carbonyl (C=O) groups is 1. The minimum Gasteiger partial charge on any atom is -0.506 e. The molecule has 7 heteroatoms. The van der Waals surface area contributed by atoms with Gasteiger partial charge in [0, 0.05) is 0 Å². The molecule has 0 saturated carbocycles. The van der Waals surface area contributed by atoms with E-state index in [1.807, 2.05) is 0 Å². The standard InChI is InChI=1S/C6H5ClO.C2HF3O2/c7-5-3-1-2-4-6(5)8;3-2(4,5)1(6)7/h1-4,8H;(H,6,7). The third kappa shape index (κ3) is 5.79. The smallest absolute Gasteiger partial charge is 0.490 e. The first-order valence-corrected chi connectivity index (χ1v) is 3.86. The lowest BCUT2D eigenvalue weighted by atomic mass is 10.3. The number of aliphatic carboxylic acids is 1. The molecule has 3 nitrogen and oxygen atoms in total. The maximum atomic E-state index is 10.6. The topological polar surface area (TPSA) is 57.5 Å². The zero-order valence-corrected chi connectivity index (χ0v) is 7.88. The van der Waals surface area contributed by atoms with Gasteiger partial charge in [-0.2, -0.15) is 13.2 Å². The van der Waals surface area contributed by atoms with Gasteiger partial charge in [-0.15, -0.1) is 0 Å². The van der Waals surface area contributed by atoms with E-state index in [2.05, 4.69) is 0 Å². The van der Waals surface area contributed by atoms with Crippen molar-refractivity contribution in [1.82, 2.24) is 0 Å². The number of hydrogen-bond acceptors (Lipinski definition) is 2. The van der Waals surface area contributed by atoms with Crippen LogP contribution >= 0.6 is 11.6 Å². The first-order chi connectivity index (χ1) is 6.75. The molecule has 84 valence electrons. The van der Waals surface area contributed by atoms with Crippen molar-refractivity contribution in [2.45, 2.75) is 6.18 Å². The fourth-order valence-corrected chi connectivity index (χ4v) is 0.587. The molecule has 0 fully saturated rings. The van der Waals surface area contributed by atoms with E-state index < -0.39 is 12.1 Å². The summed E-state index contributed by atoms with van der Waals surface area (Å²) in [6, 6.07) is 6.67. The van der Waals surface area contributed by atoms with Crippen LogP contribution in [0.4, 0.5) is 13.2 Å². The second-order valence-corrected chi connectivity index (χ2v) is 2.66. The van der Waals surface area contributed by atoms with E-state index in [1.54, 1.807) is 24.3 Å². The summed E-state index contributed by atoms with van der Waals surface area (Å²) in [5.41, 5.74) is 0. The fourth-order valence-electron chi connectivity index (χ4n) is 0.452. The lowest BCUT2D eigenvalue weighted by molar-refractivity contribution is -0.192.